The maximum atomic E-state index is 11.7. The van der Waals surface area contributed by atoms with E-state index in [1.54, 1.807) is 18.2 Å². The molecule has 1 heterocycles. The van der Waals surface area contributed by atoms with Crippen LogP contribution in [-0.4, -0.2) is 50.2 Å². The number of amides is 2. The van der Waals surface area contributed by atoms with Gasteiger partial charge < -0.3 is 16.0 Å². The second-order valence-corrected chi connectivity index (χ2v) is 5.42. The van der Waals surface area contributed by atoms with Crippen LogP contribution in [0, 0.1) is 0 Å². The van der Waals surface area contributed by atoms with E-state index in [2.05, 4.69) is 20.9 Å². The van der Waals surface area contributed by atoms with Crippen LogP contribution >= 0.6 is 23.2 Å². The van der Waals surface area contributed by atoms with E-state index in [-0.39, 0.29) is 6.03 Å². The fraction of sp³-hybridized carbons (Fsp3) is 0.462. The van der Waals surface area contributed by atoms with E-state index in [0.717, 1.165) is 32.7 Å². The zero-order valence-corrected chi connectivity index (χ0v) is 12.6. The standard InChI is InChI=1S/C13H18Cl2N4O/c14-11-2-1-10(9-12(11)15)18-13(20)17-5-8-19-6-3-16-4-7-19/h1-2,9,16H,3-8H2,(H2,17,18,20). The number of benzene rings is 1. The summed E-state index contributed by atoms with van der Waals surface area (Å²) >= 11 is 11.7. The van der Waals surface area contributed by atoms with Gasteiger partial charge in [0.05, 0.1) is 10.0 Å². The Balaban J connectivity index is 1.70. The zero-order chi connectivity index (χ0) is 14.4. The van der Waals surface area contributed by atoms with Gasteiger partial charge in [0, 0.05) is 45.0 Å². The van der Waals surface area contributed by atoms with E-state index < -0.39 is 0 Å². The van der Waals surface area contributed by atoms with Gasteiger partial charge >= 0.3 is 6.03 Å². The van der Waals surface area contributed by atoms with Gasteiger partial charge in [0.2, 0.25) is 0 Å². The molecule has 7 heteroatoms. The summed E-state index contributed by atoms with van der Waals surface area (Å²) in [5.41, 5.74) is 0.624. The average Bonchev–Trinajstić information content (AvgIpc) is 2.44. The lowest BCUT2D eigenvalue weighted by Gasteiger charge is -2.27. The lowest BCUT2D eigenvalue weighted by atomic mass is 10.3. The summed E-state index contributed by atoms with van der Waals surface area (Å²) in [6.45, 7) is 5.54. The van der Waals surface area contributed by atoms with Crippen molar-refractivity contribution >= 4 is 34.9 Å². The number of anilines is 1. The average molecular weight is 317 g/mol. The van der Waals surface area contributed by atoms with Crippen LogP contribution in [0.2, 0.25) is 10.0 Å². The van der Waals surface area contributed by atoms with Crippen LogP contribution in [0.1, 0.15) is 0 Å². The highest BCUT2D eigenvalue weighted by atomic mass is 35.5. The molecule has 1 aliphatic rings. The third-order valence-corrected chi connectivity index (χ3v) is 3.84. The molecule has 1 aromatic rings. The molecule has 2 rings (SSSR count). The summed E-state index contributed by atoms with van der Waals surface area (Å²) in [6, 6.07) is 4.75. The van der Waals surface area contributed by atoms with Gasteiger partial charge in [-0.25, -0.2) is 4.79 Å². The fourth-order valence-electron chi connectivity index (χ4n) is 2.01. The van der Waals surface area contributed by atoms with E-state index in [0.29, 0.717) is 22.3 Å². The topological polar surface area (TPSA) is 56.4 Å². The Morgan fingerprint density at radius 3 is 2.70 bits per heavy atom. The second-order valence-electron chi connectivity index (χ2n) is 4.60. The molecule has 0 radical (unpaired) electrons. The Morgan fingerprint density at radius 2 is 2.00 bits per heavy atom. The molecule has 0 unspecified atom stereocenters. The van der Waals surface area contributed by atoms with Crippen molar-refractivity contribution in [3.63, 3.8) is 0 Å². The largest absolute Gasteiger partial charge is 0.337 e. The number of carbonyl (C=O) groups excluding carboxylic acids is 1. The quantitative estimate of drug-likeness (QED) is 0.796. The minimum absolute atomic E-state index is 0.237. The van der Waals surface area contributed by atoms with Crippen molar-refractivity contribution in [2.75, 3.05) is 44.6 Å². The highest BCUT2D eigenvalue weighted by molar-refractivity contribution is 6.42. The summed E-state index contributed by atoms with van der Waals surface area (Å²) < 4.78 is 0. The Bertz CT molecular complexity index is 464. The van der Waals surface area contributed by atoms with Gasteiger partial charge in [-0.15, -0.1) is 0 Å². The first-order valence-electron chi connectivity index (χ1n) is 6.58. The molecule has 1 aromatic carbocycles. The van der Waals surface area contributed by atoms with Crippen LogP contribution in [0.4, 0.5) is 10.5 Å². The minimum Gasteiger partial charge on any atom is -0.337 e. The number of urea groups is 1. The lowest BCUT2D eigenvalue weighted by Crippen LogP contribution is -2.46. The molecule has 2 amide bonds. The smallest absolute Gasteiger partial charge is 0.319 e. The Kier molecular flexibility index (Phi) is 5.91. The Hall–Kier alpha value is -1.01. The molecule has 0 spiro atoms. The summed E-state index contributed by atoms with van der Waals surface area (Å²) in [5, 5.41) is 9.73. The third-order valence-electron chi connectivity index (χ3n) is 3.10. The lowest BCUT2D eigenvalue weighted by molar-refractivity contribution is 0.233. The molecule has 5 nitrogen and oxygen atoms in total. The number of halogens is 2. The van der Waals surface area contributed by atoms with Crippen LogP contribution < -0.4 is 16.0 Å². The van der Waals surface area contributed by atoms with Crippen LogP contribution in [0.5, 0.6) is 0 Å². The third kappa shape index (κ3) is 4.83. The van der Waals surface area contributed by atoms with Crippen molar-refractivity contribution < 1.29 is 4.79 Å². The normalized spacial score (nSPS) is 15.9. The molecular formula is C13H18Cl2N4O. The van der Waals surface area contributed by atoms with Gasteiger partial charge in [-0.2, -0.15) is 0 Å². The van der Waals surface area contributed by atoms with Gasteiger partial charge in [-0.05, 0) is 18.2 Å². The highest BCUT2D eigenvalue weighted by Gasteiger charge is 2.09. The SMILES string of the molecule is O=C(NCCN1CCNCC1)Nc1ccc(Cl)c(Cl)c1. The van der Waals surface area contributed by atoms with Crippen molar-refractivity contribution in [1.82, 2.24) is 15.5 Å². The molecule has 1 saturated heterocycles. The number of hydrogen-bond donors (Lipinski definition) is 3. The monoisotopic (exact) mass is 316 g/mol. The van der Waals surface area contributed by atoms with Crippen molar-refractivity contribution in [3.8, 4) is 0 Å². The maximum Gasteiger partial charge on any atom is 0.319 e. The molecule has 0 aliphatic carbocycles. The van der Waals surface area contributed by atoms with Gasteiger partial charge in [0.15, 0.2) is 0 Å². The van der Waals surface area contributed by atoms with E-state index in [1.807, 2.05) is 0 Å². The van der Waals surface area contributed by atoms with Crippen LogP contribution in [-0.2, 0) is 0 Å². The molecule has 110 valence electrons. The summed E-state index contributed by atoms with van der Waals surface area (Å²) in [6.07, 6.45) is 0. The molecule has 0 bridgehead atoms. The molecular weight excluding hydrogens is 299 g/mol. The first kappa shape index (κ1) is 15.4. The van der Waals surface area contributed by atoms with Crippen LogP contribution in [0.15, 0.2) is 18.2 Å². The zero-order valence-electron chi connectivity index (χ0n) is 11.1. The first-order valence-corrected chi connectivity index (χ1v) is 7.34. The van der Waals surface area contributed by atoms with Gasteiger partial charge in [-0.3, -0.25) is 4.90 Å². The van der Waals surface area contributed by atoms with E-state index in [4.69, 9.17) is 23.2 Å². The van der Waals surface area contributed by atoms with Gasteiger partial charge in [-0.1, -0.05) is 23.2 Å². The Labute approximate surface area is 128 Å². The molecule has 0 atom stereocenters. The van der Waals surface area contributed by atoms with E-state index in [1.165, 1.54) is 0 Å². The van der Waals surface area contributed by atoms with Gasteiger partial charge in [0.1, 0.15) is 0 Å². The number of carbonyl (C=O) groups is 1. The predicted octanol–water partition coefficient (Wildman–Crippen LogP) is 2.02. The molecule has 0 saturated carbocycles. The number of rotatable bonds is 4. The van der Waals surface area contributed by atoms with Crippen molar-refractivity contribution in [1.29, 1.82) is 0 Å². The molecule has 1 aliphatic heterocycles. The van der Waals surface area contributed by atoms with Crippen LogP contribution in [0.3, 0.4) is 0 Å². The highest BCUT2D eigenvalue weighted by Crippen LogP contribution is 2.24. The summed E-state index contributed by atoms with van der Waals surface area (Å²) in [4.78, 5) is 14.0. The molecule has 20 heavy (non-hydrogen) atoms. The van der Waals surface area contributed by atoms with E-state index in [9.17, 15) is 4.79 Å². The number of nitrogens with one attached hydrogen (secondary N) is 3. The van der Waals surface area contributed by atoms with Crippen molar-refractivity contribution in [2.45, 2.75) is 0 Å². The van der Waals surface area contributed by atoms with E-state index >= 15 is 0 Å². The molecule has 0 aromatic heterocycles. The molecule has 1 fully saturated rings. The van der Waals surface area contributed by atoms with Crippen molar-refractivity contribution in [3.05, 3.63) is 28.2 Å². The first-order chi connectivity index (χ1) is 9.65. The molecule has 3 N–H and O–H groups in total. The Morgan fingerprint density at radius 1 is 1.25 bits per heavy atom. The van der Waals surface area contributed by atoms with Gasteiger partial charge in [0.25, 0.3) is 0 Å². The number of piperazine rings is 1. The maximum absolute atomic E-state index is 11.7. The summed E-state index contributed by atoms with van der Waals surface area (Å²) in [5.74, 6) is 0. The van der Waals surface area contributed by atoms with Crippen molar-refractivity contribution in [2.24, 2.45) is 0 Å². The second kappa shape index (κ2) is 7.69. The summed E-state index contributed by atoms with van der Waals surface area (Å²) in [7, 11) is 0. The minimum atomic E-state index is -0.237. The van der Waals surface area contributed by atoms with Crippen LogP contribution in [0.25, 0.3) is 0 Å². The fourth-order valence-corrected chi connectivity index (χ4v) is 2.31. The predicted molar refractivity (Wildman–Crippen MR) is 82.8 cm³/mol. The number of nitrogens with zero attached hydrogens (tertiary/aromatic N) is 1. The number of hydrogen-bond acceptors (Lipinski definition) is 3.